The largest absolute Gasteiger partial charge is 0.462 e. The van der Waals surface area contributed by atoms with Crippen molar-refractivity contribution in [3.63, 3.8) is 0 Å². The number of hydrogen-bond donors (Lipinski definition) is 0. The van der Waals surface area contributed by atoms with Crippen LogP contribution in [-0.2, 0) is 23.8 Å². The minimum Gasteiger partial charge on any atom is -0.462 e. The number of ether oxygens (including phenoxy) is 3. The average molecular weight is 847 g/mol. The fourth-order valence-corrected chi connectivity index (χ4v) is 8.21. The Morgan fingerprint density at radius 1 is 0.350 bits per heavy atom. The van der Waals surface area contributed by atoms with Crippen LogP contribution in [-0.4, -0.2) is 37.9 Å². The third-order valence-electron chi connectivity index (χ3n) is 12.3. The maximum atomic E-state index is 12.7. The summed E-state index contributed by atoms with van der Waals surface area (Å²) in [7, 11) is 0. The molecule has 0 saturated carbocycles. The topological polar surface area (TPSA) is 61.8 Å². The van der Waals surface area contributed by atoms with Gasteiger partial charge in [-0.05, 0) is 44.9 Å². The van der Waals surface area contributed by atoms with E-state index >= 15 is 0 Å². The molecule has 5 heteroatoms. The van der Waals surface area contributed by atoms with E-state index in [1.807, 2.05) is 0 Å². The van der Waals surface area contributed by atoms with Gasteiger partial charge in [0.15, 0.2) is 6.10 Å². The normalized spacial score (nSPS) is 12.1. The van der Waals surface area contributed by atoms with Gasteiger partial charge < -0.3 is 14.2 Å². The molecule has 356 valence electrons. The standard InChI is InChI=1S/C55H106O5/c1-4-7-10-13-16-18-20-22-24-26-27-28-30-32-34-36-38-41-44-47-50-58-51-53(60-55(57)49-46-43-39-15-12-9-6-3)52-59-54(56)48-45-42-40-37-35-33-31-29-25-23-21-19-17-14-11-8-5-2/h22,24,53H,4-21,23,25-52H2,1-3H3/b24-22-. The molecular weight excluding hydrogens is 741 g/mol. The number of esters is 2. The van der Waals surface area contributed by atoms with Gasteiger partial charge in [0.2, 0.25) is 0 Å². The van der Waals surface area contributed by atoms with Gasteiger partial charge in [-0.3, -0.25) is 9.59 Å². The van der Waals surface area contributed by atoms with Crippen molar-refractivity contribution in [2.24, 2.45) is 0 Å². The first-order valence-electron chi connectivity index (χ1n) is 27.2. The summed E-state index contributed by atoms with van der Waals surface area (Å²) >= 11 is 0. The van der Waals surface area contributed by atoms with E-state index in [0.717, 1.165) is 32.1 Å². The zero-order valence-electron chi connectivity index (χ0n) is 41.0. The minimum absolute atomic E-state index is 0.0938. The van der Waals surface area contributed by atoms with E-state index in [4.69, 9.17) is 14.2 Å². The molecule has 0 aliphatic heterocycles. The summed E-state index contributed by atoms with van der Waals surface area (Å²) in [6, 6.07) is 0. The molecule has 0 aliphatic carbocycles. The van der Waals surface area contributed by atoms with Crippen LogP contribution in [0.3, 0.4) is 0 Å². The van der Waals surface area contributed by atoms with E-state index in [-0.39, 0.29) is 18.5 Å². The van der Waals surface area contributed by atoms with Crippen molar-refractivity contribution in [1.82, 2.24) is 0 Å². The first-order valence-corrected chi connectivity index (χ1v) is 27.2. The maximum absolute atomic E-state index is 12.7. The van der Waals surface area contributed by atoms with Crippen LogP contribution in [0.25, 0.3) is 0 Å². The summed E-state index contributed by atoms with van der Waals surface area (Å²) < 4.78 is 17.4. The monoisotopic (exact) mass is 847 g/mol. The fraction of sp³-hybridized carbons (Fsp3) is 0.927. The van der Waals surface area contributed by atoms with E-state index in [1.54, 1.807) is 0 Å². The summed E-state index contributed by atoms with van der Waals surface area (Å²) in [5.74, 6) is -0.382. The van der Waals surface area contributed by atoms with Crippen molar-refractivity contribution in [1.29, 1.82) is 0 Å². The summed E-state index contributed by atoms with van der Waals surface area (Å²) in [5, 5.41) is 0. The summed E-state index contributed by atoms with van der Waals surface area (Å²) in [5.41, 5.74) is 0. The zero-order chi connectivity index (χ0) is 43.5. The second kappa shape index (κ2) is 52.0. The number of allylic oxidation sites excluding steroid dienone is 2. The Morgan fingerprint density at radius 3 is 1.02 bits per heavy atom. The molecule has 0 aromatic carbocycles. The summed E-state index contributed by atoms with van der Waals surface area (Å²) in [6.07, 6.45) is 59.6. The van der Waals surface area contributed by atoms with Crippen molar-refractivity contribution >= 4 is 11.9 Å². The smallest absolute Gasteiger partial charge is 0.306 e. The molecule has 5 nitrogen and oxygen atoms in total. The van der Waals surface area contributed by atoms with Gasteiger partial charge in [-0.2, -0.15) is 0 Å². The van der Waals surface area contributed by atoms with Crippen LogP contribution in [0.2, 0.25) is 0 Å². The lowest BCUT2D eigenvalue weighted by atomic mass is 10.0. The van der Waals surface area contributed by atoms with Crippen LogP contribution in [0.15, 0.2) is 12.2 Å². The van der Waals surface area contributed by atoms with Crippen LogP contribution < -0.4 is 0 Å². The van der Waals surface area contributed by atoms with E-state index in [9.17, 15) is 9.59 Å². The predicted octanol–water partition coefficient (Wildman–Crippen LogP) is 18.2. The van der Waals surface area contributed by atoms with Crippen LogP contribution in [0.5, 0.6) is 0 Å². The van der Waals surface area contributed by atoms with Gasteiger partial charge in [-0.1, -0.05) is 258 Å². The molecule has 0 bridgehead atoms. The molecule has 1 unspecified atom stereocenters. The van der Waals surface area contributed by atoms with Gasteiger partial charge in [-0.25, -0.2) is 0 Å². The van der Waals surface area contributed by atoms with Crippen LogP contribution in [0.4, 0.5) is 0 Å². The van der Waals surface area contributed by atoms with Gasteiger partial charge in [0.1, 0.15) is 6.61 Å². The van der Waals surface area contributed by atoms with E-state index < -0.39 is 6.10 Å². The Hall–Kier alpha value is -1.36. The SMILES string of the molecule is CCCCCCCC/C=C\CCCCCCCCCCCCOCC(COC(=O)CCCCCCCCCCCCCCCCCCC)OC(=O)CCCCCCCCC. The van der Waals surface area contributed by atoms with Crippen molar-refractivity contribution < 1.29 is 23.8 Å². The fourth-order valence-electron chi connectivity index (χ4n) is 8.21. The predicted molar refractivity (Wildman–Crippen MR) is 261 cm³/mol. The van der Waals surface area contributed by atoms with Gasteiger partial charge >= 0.3 is 11.9 Å². The Labute approximate surface area is 375 Å². The Morgan fingerprint density at radius 2 is 0.650 bits per heavy atom. The van der Waals surface area contributed by atoms with Gasteiger partial charge in [0.05, 0.1) is 6.61 Å². The molecule has 0 amide bonds. The maximum Gasteiger partial charge on any atom is 0.306 e. The van der Waals surface area contributed by atoms with Crippen LogP contribution in [0.1, 0.15) is 303 Å². The van der Waals surface area contributed by atoms with E-state index in [2.05, 4.69) is 32.9 Å². The number of carbonyl (C=O) groups excluding carboxylic acids is 2. The third-order valence-corrected chi connectivity index (χ3v) is 12.3. The van der Waals surface area contributed by atoms with E-state index in [1.165, 1.54) is 238 Å². The summed E-state index contributed by atoms with van der Waals surface area (Å²) in [4.78, 5) is 25.3. The average Bonchev–Trinajstić information content (AvgIpc) is 3.25. The van der Waals surface area contributed by atoms with Crippen LogP contribution in [0, 0.1) is 0 Å². The molecule has 1 atom stereocenters. The second-order valence-electron chi connectivity index (χ2n) is 18.5. The Bertz CT molecular complexity index is 871. The van der Waals surface area contributed by atoms with Gasteiger partial charge in [0, 0.05) is 19.4 Å². The molecular formula is C55H106O5. The highest BCUT2D eigenvalue weighted by Crippen LogP contribution is 2.16. The molecule has 0 heterocycles. The molecule has 0 fully saturated rings. The van der Waals surface area contributed by atoms with Crippen molar-refractivity contribution in [2.45, 2.75) is 309 Å². The lowest BCUT2D eigenvalue weighted by molar-refractivity contribution is -0.163. The van der Waals surface area contributed by atoms with Crippen molar-refractivity contribution in [3.8, 4) is 0 Å². The molecule has 0 spiro atoms. The Kier molecular flexibility index (Phi) is 50.8. The molecule has 0 saturated heterocycles. The lowest BCUT2D eigenvalue weighted by Gasteiger charge is -2.18. The highest BCUT2D eigenvalue weighted by molar-refractivity contribution is 5.70. The molecule has 0 aromatic heterocycles. The van der Waals surface area contributed by atoms with Crippen molar-refractivity contribution in [3.05, 3.63) is 12.2 Å². The molecule has 0 aliphatic rings. The highest BCUT2D eigenvalue weighted by atomic mass is 16.6. The number of rotatable bonds is 51. The number of carbonyl (C=O) groups is 2. The number of unbranched alkanes of at least 4 members (excludes halogenated alkanes) is 38. The summed E-state index contributed by atoms with van der Waals surface area (Å²) in [6.45, 7) is 7.85. The zero-order valence-corrected chi connectivity index (χ0v) is 41.0. The highest BCUT2D eigenvalue weighted by Gasteiger charge is 2.17. The van der Waals surface area contributed by atoms with Crippen molar-refractivity contribution in [2.75, 3.05) is 19.8 Å². The first-order chi connectivity index (χ1) is 29.6. The lowest BCUT2D eigenvalue weighted by Crippen LogP contribution is -2.30. The molecule has 0 rings (SSSR count). The second-order valence-corrected chi connectivity index (χ2v) is 18.5. The number of hydrogen-bond acceptors (Lipinski definition) is 5. The molecule has 0 N–H and O–H groups in total. The molecule has 0 radical (unpaired) electrons. The third kappa shape index (κ3) is 49.3. The Balaban J connectivity index is 4.02. The van der Waals surface area contributed by atoms with E-state index in [0.29, 0.717) is 26.1 Å². The minimum atomic E-state index is -0.525. The van der Waals surface area contributed by atoms with Crippen LogP contribution >= 0.6 is 0 Å². The van der Waals surface area contributed by atoms with Gasteiger partial charge in [-0.15, -0.1) is 0 Å². The first kappa shape index (κ1) is 58.6. The molecule has 60 heavy (non-hydrogen) atoms. The van der Waals surface area contributed by atoms with Gasteiger partial charge in [0.25, 0.3) is 0 Å². The molecule has 0 aromatic rings. The quantitative estimate of drug-likeness (QED) is 0.0347.